The Labute approximate surface area is 172 Å². The normalized spacial score (nSPS) is 11.7. The van der Waals surface area contributed by atoms with Gasteiger partial charge in [0.1, 0.15) is 16.9 Å². The third kappa shape index (κ3) is 4.71. The minimum Gasteiger partial charge on any atom is -0.481 e. The molecule has 1 aromatic heterocycles. The Morgan fingerprint density at radius 2 is 1.93 bits per heavy atom. The van der Waals surface area contributed by atoms with Crippen LogP contribution < -0.4 is 21.2 Å². The molecule has 3 aromatic rings. The van der Waals surface area contributed by atoms with Crippen molar-refractivity contribution in [2.24, 2.45) is 0 Å². The van der Waals surface area contributed by atoms with Crippen molar-refractivity contribution in [1.82, 2.24) is 10.9 Å². The van der Waals surface area contributed by atoms with Crippen LogP contribution in [0.15, 0.2) is 62.2 Å². The van der Waals surface area contributed by atoms with E-state index in [1.54, 1.807) is 42.5 Å². The second-order valence-corrected chi connectivity index (χ2v) is 7.14. The molecule has 0 radical (unpaired) electrons. The van der Waals surface area contributed by atoms with Gasteiger partial charge >= 0.3 is 5.63 Å². The van der Waals surface area contributed by atoms with E-state index in [0.29, 0.717) is 21.7 Å². The molecule has 0 bridgehead atoms. The van der Waals surface area contributed by atoms with E-state index < -0.39 is 23.5 Å². The zero-order valence-corrected chi connectivity index (χ0v) is 16.8. The van der Waals surface area contributed by atoms with Gasteiger partial charge in [0.05, 0.1) is 0 Å². The average Bonchev–Trinajstić information content (AvgIpc) is 2.65. The van der Waals surface area contributed by atoms with Gasteiger partial charge in [0.2, 0.25) is 0 Å². The Hall–Kier alpha value is -2.84. The lowest BCUT2D eigenvalue weighted by Gasteiger charge is -2.15. The van der Waals surface area contributed by atoms with E-state index in [1.807, 2.05) is 0 Å². The van der Waals surface area contributed by atoms with Gasteiger partial charge in [-0.1, -0.05) is 33.6 Å². The van der Waals surface area contributed by atoms with Crippen LogP contribution in [-0.4, -0.2) is 17.9 Å². The van der Waals surface area contributed by atoms with E-state index in [-0.39, 0.29) is 5.56 Å². The first-order valence-electron chi connectivity index (χ1n) is 8.09. The highest BCUT2D eigenvalue weighted by Crippen LogP contribution is 2.20. The topological polar surface area (TPSA) is 97.6 Å². The molecule has 3 rings (SSSR count). The number of fused-ring (bicyclic) bond motifs is 1. The number of rotatable bonds is 4. The molecule has 0 aliphatic carbocycles. The van der Waals surface area contributed by atoms with Crippen molar-refractivity contribution in [3.63, 3.8) is 0 Å². The van der Waals surface area contributed by atoms with Crippen molar-refractivity contribution in [3.05, 3.63) is 74.0 Å². The van der Waals surface area contributed by atoms with E-state index in [9.17, 15) is 14.4 Å². The van der Waals surface area contributed by atoms with Crippen LogP contribution in [0.1, 0.15) is 17.3 Å². The second-order valence-electron chi connectivity index (χ2n) is 5.79. The first-order valence-corrected chi connectivity index (χ1v) is 9.26. The maximum atomic E-state index is 12.3. The molecule has 28 heavy (non-hydrogen) atoms. The number of nitrogens with one attached hydrogen (secondary N) is 2. The maximum absolute atomic E-state index is 12.3. The van der Waals surface area contributed by atoms with Gasteiger partial charge in [-0.3, -0.25) is 20.4 Å². The molecule has 0 aliphatic rings. The minimum absolute atomic E-state index is 0.241. The smallest absolute Gasteiger partial charge is 0.349 e. The molecule has 2 aromatic carbocycles. The summed E-state index contributed by atoms with van der Waals surface area (Å²) in [5.74, 6) is -1.01. The summed E-state index contributed by atoms with van der Waals surface area (Å²) in [7, 11) is 0. The Kier molecular flexibility index (Phi) is 6.01. The minimum atomic E-state index is -0.914. The molecule has 1 unspecified atom stereocenters. The van der Waals surface area contributed by atoms with E-state index in [2.05, 4.69) is 26.8 Å². The first-order chi connectivity index (χ1) is 13.3. The number of hydrogen-bond donors (Lipinski definition) is 2. The van der Waals surface area contributed by atoms with E-state index in [1.165, 1.54) is 13.0 Å². The summed E-state index contributed by atoms with van der Waals surface area (Å²) in [5, 5.41) is 1.02. The van der Waals surface area contributed by atoms with Crippen LogP contribution in [0, 0.1) is 0 Å². The zero-order chi connectivity index (χ0) is 20.3. The van der Waals surface area contributed by atoms with E-state index >= 15 is 0 Å². The number of carbonyl (C=O) groups is 2. The molecule has 0 aliphatic heterocycles. The zero-order valence-electron chi connectivity index (χ0n) is 14.5. The summed E-state index contributed by atoms with van der Waals surface area (Å²) in [5.41, 5.74) is 3.68. The van der Waals surface area contributed by atoms with Crippen molar-refractivity contribution in [1.29, 1.82) is 0 Å². The quantitative estimate of drug-likeness (QED) is 0.454. The molecule has 7 nitrogen and oxygen atoms in total. The molecule has 0 saturated carbocycles. The van der Waals surface area contributed by atoms with Crippen molar-refractivity contribution < 1.29 is 18.7 Å². The van der Waals surface area contributed by atoms with Crippen LogP contribution in [0.2, 0.25) is 5.02 Å². The van der Waals surface area contributed by atoms with Gasteiger partial charge in [0.15, 0.2) is 6.10 Å². The molecular formula is C19H14BrClN2O5. The van der Waals surface area contributed by atoms with Crippen molar-refractivity contribution in [3.8, 4) is 5.75 Å². The Balaban J connectivity index is 1.66. The van der Waals surface area contributed by atoms with Gasteiger partial charge in [-0.2, -0.15) is 0 Å². The van der Waals surface area contributed by atoms with E-state index in [0.717, 1.165) is 4.47 Å². The predicted octanol–water partition coefficient (Wildman–Crippen LogP) is 3.44. The molecule has 0 saturated heterocycles. The molecule has 2 N–H and O–H groups in total. The molecule has 1 heterocycles. The monoisotopic (exact) mass is 464 g/mol. The van der Waals surface area contributed by atoms with Crippen LogP contribution in [0.3, 0.4) is 0 Å². The van der Waals surface area contributed by atoms with Crippen LogP contribution in [0.5, 0.6) is 5.75 Å². The third-order valence-corrected chi connectivity index (χ3v) is 4.44. The predicted molar refractivity (Wildman–Crippen MR) is 107 cm³/mol. The molecule has 1 atom stereocenters. The van der Waals surface area contributed by atoms with Crippen LogP contribution in [0.4, 0.5) is 0 Å². The molecule has 144 valence electrons. The summed E-state index contributed by atoms with van der Waals surface area (Å²) in [6.45, 7) is 1.50. The van der Waals surface area contributed by atoms with Gasteiger partial charge in [-0.25, -0.2) is 4.79 Å². The van der Waals surface area contributed by atoms with E-state index in [4.69, 9.17) is 20.8 Å². The van der Waals surface area contributed by atoms with Gasteiger partial charge in [0.25, 0.3) is 11.8 Å². The lowest BCUT2D eigenvalue weighted by molar-refractivity contribution is -0.128. The summed E-state index contributed by atoms with van der Waals surface area (Å²) in [6, 6.07) is 13.0. The van der Waals surface area contributed by atoms with Gasteiger partial charge in [0, 0.05) is 14.9 Å². The molecule has 2 amide bonds. The third-order valence-electron chi connectivity index (χ3n) is 3.72. The highest BCUT2D eigenvalue weighted by atomic mass is 79.9. The van der Waals surface area contributed by atoms with Gasteiger partial charge in [-0.05, 0) is 49.4 Å². The maximum Gasteiger partial charge on any atom is 0.349 e. The molecule has 0 spiro atoms. The molecular weight excluding hydrogens is 452 g/mol. The Bertz CT molecular complexity index is 1110. The van der Waals surface area contributed by atoms with Crippen LogP contribution in [0.25, 0.3) is 11.0 Å². The van der Waals surface area contributed by atoms with Crippen molar-refractivity contribution >= 4 is 50.3 Å². The number of hydrogen-bond acceptors (Lipinski definition) is 5. The number of hydrazine groups is 1. The van der Waals surface area contributed by atoms with Crippen LogP contribution in [-0.2, 0) is 4.79 Å². The fraction of sp³-hybridized carbons (Fsp3) is 0.105. The number of amides is 2. The number of halogens is 2. The number of benzene rings is 2. The van der Waals surface area contributed by atoms with Crippen LogP contribution >= 0.6 is 27.5 Å². The average molecular weight is 466 g/mol. The molecule has 0 fully saturated rings. The summed E-state index contributed by atoms with van der Waals surface area (Å²) in [6.07, 6.45) is -0.914. The molecule has 9 heteroatoms. The summed E-state index contributed by atoms with van der Waals surface area (Å²) in [4.78, 5) is 36.4. The Morgan fingerprint density at radius 3 is 2.68 bits per heavy atom. The van der Waals surface area contributed by atoms with Gasteiger partial charge in [-0.15, -0.1) is 0 Å². The van der Waals surface area contributed by atoms with Crippen molar-refractivity contribution in [2.75, 3.05) is 0 Å². The number of carbonyl (C=O) groups excluding carboxylic acids is 2. The first kappa shape index (κ1) is 19.9. The summed E-state index contributed by atoms with van der Waals surface area (Å²) >= 11 is 9.18. The highest BCUT2D eigenvalue weighted by Gasteiger charge is 2.18. The lowest BCUT2D eigenvalue weighted by atomic mass is 10.2. The number of ether oxygens (including phenoxy) is 1. The fourth-order valence-corrected chi connectivity index (χ4v) is 2.90. The Morgan fingerprint density at radius 1 is 1.14 bits per heavy atom. The standard InChI is InChI=1S/C19H14BrClN2O5/c1-10(27-14-4-2-3-13(21)9-14)17(24)22-23-18(25)15-8-11-7-12(20)5-6-16(11)28-19(15)26/h2-10H,1H3,(H,22,24)(H,23,25). The SMILES string of the molecule is CC(Oc1cccc(Cl)c1)C(=O)NNC(=O)c1cc2cc(Br)ccc2oc1=O. The van der Waals surface area contributed by atoms with Crippen molar-refractivity contribution in [2.45, 2.75) is 13.0 Å². The summed E-state index contributed by atoms with van der Waals surface area (Å²) < 4.78 is 11.3. The fourth-order valence-electron chi connectivity index (χ4n) is 2.34. The lowest BCUT2D eigenvalue weighted by Crippen LogP contribution is -2.48. The van der Waals surface area contributed by atoms with Gasteiger partial charge < -0.3 is 9.15 Å². The largest absolute Gasteiger partial charge is 0.481 e. The second kappa shape index (κ2) is 8.45. The highest BCUT2D eigenvalue weighted by molar-refractivity contribution is 9.10.